The van der Waals surface area contributed by atoms with E-state index < -0.39 is 0 Å². The maximum absolute atomic E-state index is 11.0. The van der Waals surface area contributed by atoms with Crippen molar-refractivity contribution in [3.63, 3.8) is 0 Å². The Morgan fingerprint density at radius 2 is 2.31 bits per heavy atom. The molecular weight excluding hydrogens is 206 g/mol. The first kappa shape index (κ1) is 10.5. The topological polar surface area (TPSA) is 68.9 Å². The van der Waals surface area contributed by atoms with Gasteiger partial charge < -0.3 is 4.52 Å². The summed E-state index contributed by atoms with van der Waals surface area (Å²) in [5, 5.41) is 3.75. The van der Waals surface area contributed by atoms with Gasteiger partial charge in [-0.05, 0) is 18.1 Å². The van der Waals surface area contributed by atoms with E-state index in [-0.39, 0.29) is 11.7 Å². The maximum Gasteiger partial charge on any atom is 0.294 e. The van der Waals surface area contributed by atoms with Gasteiger partial charge in [-0.2, -0.15) is 4.98 Å². The molecule has 0 spiro atoms. The molecule has 5 nitrogen and oxygen atoms in total. The van der Waals surface area contributed by atoms with Gasteiger partial charge in [-0.15, -0.1) is 0 Å². The number of Topliss-reactive ketones (excluding diaryl/α,β-unsaturated/α-hetero) is 1. The molecule has 0 saturated carbocycles. The smallest absolute Gasteiger partial charge is 0.294 e. The average molecular weight is 217 g/mol. The number of hydrogen-bond donors (Lipinski definition) is 0. The van der Waals surface area contributed by atoms with Gasteiger partial charge in [0.05, 0.1) is 0 Å². The summed E-state index contributed by atoms with van der Waals surface area (Å²) in [7, 11) is 0. The van der Waals surface area contributed by atoms with E-state index in [1.165, 1.54) is 6.92 Å². The lowest BCUT2D eigenvalue weighted by Crippen LogP contribution is -1.94. The molecule has 0 aliphatic rings. The number of ketones is 1. The zero-order chi connectivity index (χ0) is 11.5. The minimum atomic E-state index is -0.243. The highest BCUT2D eigenvalue weighted by molar-refractivity contribution is 5.89. The molecule has 0 radical (unpaired) electrons. The second-order valence-corrected chi connectivity index (χ2v) is 3.34. The number of nitrogens with zero attached hydrogens (tertiary/aromatic N) is 3. The SMILES string of the molecule is CCc1cccnc1-c1noc(C(C)=O)n1. The van der Waals surface area contributed by atoms with E-state index in [2.05, 4.69) is 15.1 Å². The van der Waals surface area contributed by atoms with Crippen molar-refractivity contribution in [3.8, 4) is 11.5 Å². The van der Waals surface area contributed by atoms with Crippen molar-refractivity contribution in [2.75, 3.05) is 0 Å². The van der Waals surface area contributed by atoms with Crippen molar-refractivity contribution in [1.29, 1.82) is 0 Å². The van der Waals surface area contributed by atoms with Crippen LogP contribution < -0.4 is 0 Å². The second-order valence-electron chi connectivity index (χ2n) is 3.34. The largest absolute Gasteiger partial charge is 0.330 e. The van der Waals surface area contributed by atoms with E-state index in [0.717, 1.165) is 12.0 Å². The second kappa shape index (κ2) is 4.22. The van der Waals surface area contributed by atoms with Crippen molar-refractivity contribution < 1.29 is 9.32 Å². The molecule has 2 rings (SSSR count). The maximum atomic E-state index is 11.0. The number of carbonyl (C=O) groups is 1. The van der Waals surface area contributed by atoms with E-state index in [9.17, 15) is 4.79 Å². The summed E-state index contributed by atoms with van der Waals surface area (Å²) in [6, 6.07) is 3.81. The number of rotatable bonds is 3. The van der Waals surface area contributed by atoms with E-state index in [0.29, 0.717) is 11.5 Å². The zero-order valence-electron chi connectivity index (χ0n) is 9.10. The summed E-state index contributed by atoms with van der Waals surface area (Å²) in [6.45, 7) is 3.41. The van der Waals surface area contributed by atoms with Gasteiger partial charge in [0.1, 0.15) is 5.69 Å². The molecule has 2 aromatic heterocycles. The van der Waals surface area contributed by atoms with E-state index in [1.807, 2.05) is 19.1 Å². The summed E-state index contributed by atoms with van der Waals surface area (Å²) in [5.74, 6) is 0.137. The fourth-order valence-electron chi connectivity index (χ4n) is 1.39. The Bertz CT molecular complexity index is 519. The Balaban J connectivity index is 2.46. The lowest BCUT2D eigenvalue weighted by atomic mass is 10.1. The lowest BCUT2D eigenvalue weighted by molar-refractivity contribution is 0.0972. The monoisotopic (exact) mass is 217 g/mol. The molecule has 0 atom stereocenters. The molecule has 0 amide bonds. The van der Waals surface area contributed by atoms with Gasteiger partial charge in [-0.1, -0.05) is 18.1 Å². The van der Waals surface area contributed by atoms with Gasteiger partial charge in [0.25, 0.3) is 5.89 Å². The third kappa shape index (κ3) is 1.84. The highest BCUT2D eigenvalue weighted by atomic mass is 16.5. The first-order valence-electron chi connectivity index (χ1n) is 5.01. The van der Waals surface area contributed by atoms with Crippen molar-refractivity contribution in [3.05, 3.63) is 29.8 Å². The molecule has 0 aliphatic carbocycles. The van der Waals surface area contributed by atoms with Crippen LogP contribution in [0.2, 0.25) is 0 Å². The molecule has 0 bridgehead atoms. The van der Waals surface area contributed by atoms with Gasteiger partial charge in [0, 0.05) is 13.1 Å². The number of aryl methyl sites for hydroxylation is 1. The molecule has 0 aliphatic heterocycles. The van der Waals surface area contributed by atoms with Crippen LogP contribution in [0.4, 0.5) is 0 Å². The summed E-state index contributed by atoms with van der Waals surface area (Å²) in [4.78, 5) is 19.2. The van der Waals surface area contributed by atoms with E-state index in [1.54, 1.807) is 6.20 Å². The predicted octanol–water partition coefficient (Wildman–Crippen LogP) is 1.90. The van der Waals surface area contributed by atoms with Crippen molar-refractivity contribution in [1.82, 2.24) is 15.1 Å². The summed E-state index contributed by atoms with van der Waals surface area (Å²) in [6.07, 6.45) is 2.49. The predicted molar refractivity (Wildman–Crippen MR) is 56.9 cm³/mol. The fraction of sp³-hybridized carbons (Fsp3) is 0.273. The minimum absolute atomic E-state index is 0.0164. The normalized spacial score (nSPS) is 10.4. The summed E-state index contributed by atoms with van der Waals surface area (Å²) < 4.78 is 4.83. The van der Waals surface area contributed by atoms with Crippen LogP contribution in [0.1, 0.15) is 30.1 Å². The molecule has 0 fully saturated rings. The van der Waals surface area contributed by atoms with Crippen LogP contribution in [0.25, 0.3) is 11.5 Å². The first-order valence-corrected chi connectivity index (χ1v) is 5.01. The summed E-state index contributed by atoms with van der Waals surface area (Å²) in [5.41, 5.74) is 1.69. The zero-order valence-corrected chi connectivity index (χ0v) is 9.10. The van der Waals surface area contributed by atoms with Crippen molar-refractivity contribution >= 4 is 5.78 Å². The van der Waals surface area contributed by atoms with Crippen molar-refractivity contribution in [2.24, 2.45) is 0 Å². The first-order chi connectivity index (χ1) is 7.72. The van der Waals surface area contributed by atoms with E-state index in [4.69, 9.17) is 4.52 Å². The molecule has 5 heteroatoms. The number of pyridine rings is 1. The molecule has 2 heterocycles. The Morgan fingerprint density at radius 3 is 2.94 bits per heavy atom. The Labute approximate surface area is 92.5 Å². The molecule has 82 valence electrons. The van der Waals surface area contributed by atoms with Gasteiger partial charge in [0.2, 0.25) is 11.6 Å². The quantitative estimate of drug-likeness (QED) is 0.734. The Hall–Kier alpha value is -2.04. The van der Waals surface area contributed by atoms with E-state index >= 15 is 0 Å². The third-order valence-electron chi connectivity index (χ3n) is 2.21. The van der Waals surface area contributed by atoms with Crippen LogP contribution in [0, 0.1) is 0 Å². The number of carbonyl (C=O) groups excluding carboxylic acids is 1. The van der Waals surface area contributed by atoms with Crippen LogP contribution >= 0.6 is 0 Å². The fourth-order valence-corrected chi connectivity index (χ4v) is 1.39. The molecule has 0 saturated heterocycles. The van der Waals surface area contributed by atoms with Crippen LogP contribution in [0.3, 0.4) is 0 Å². The molecular formula is C11H11N3O2. The van der Waals surface area contributed by atoms with Gasteiger partial charge in [0.15, 0.2) is 0 Å². The molecule has 0 N–H and O–H groups in total. The molecule has 0 unspecified atom stereocenters. The minimum Gasteiger partial charge on any atom is -0.330 e. The third-order valence-corrected chi connectivity index (χ3v) is 2.21. The highest BCUT2D eigenvalue weighted by Crippen LogP contribution is 2.18. The lowest BCUT2D eigenvalue weighted by Gasteiger charge is -2.00. The Morgan fingerprint density at radius 1 is 1.50 bits per heavy atom. The molecule has 0 aromatic carbocycles. The average Bonchev–Trinajstić information content (AvgIpc) is 2.78. The van der Waals surface area contributed by atoms with Gasteiger partial charge >= 0.3 is 0 Å². The van der Waals surface area contributed by atoms with Crippen molar-refractivity contribution in [2.45, 2.75) is 20.3 Å². The van der Waals surface area contributed by atoms with Crippen LogP contribution in [0.15, 0.2) is 22.9 Å². The van der Waals surface area contributed by atoms with Crippen LogP contribution in [-0.4, -0.2) is 20.9 Å². The highest BCUT2D eigenvalue weighted by Gasteiger charge is 2.14. The summed E-state index contributed by atoms with van der Waals surface area (Å²) >= 11 is 0. The number of aromatic nitrogens is 3. The molecule has 16 heavy (non-hydrogen) atoms. The van der Waals surface area contributed by atoms with Gasteiger partial charge in [-0.25, -0.2) is 0 Å². The standard InChI is InChI=1S/C11H11N3O2/c1-3-8-5-4-6-12-9(8)10-13-11(7(2)15)16-14-10/h4-6H,3H2,1-2H3. The number of hydrogen-bond acceptors (Lipinski definition) is 5. The van der Waals surface area contributed by atoms with Crippen LogP contribution in [0.5, 0.6) is 0 Å². The van der Waals surface area contributed by atoms with Crippen LogP contribution in [-0.2, 0) is 6.42 Å². The molecule has 2 aromatic rings. The Kier molecular flexibility index (Phi) is 2.76. The van der Waals surface area contributed by atoms with Gasteiger partial charge in [-0.3, -0.25) is 9.78 Å².